The second kappa shape index (κ2) is 4.89. The van der Waals surface area contributed by atoms with E-state index in [2.05, 4.69) is 4.98 Å². The molecular weight excluding hydrogens is 277 g/mol. The van der Waals surface area contributed by atoms with Gasteiger partial charge in [0.1, 0.15) is 11.6 Å². The highest BCUT2D eigenvalue weighted by molar-refractivity contribution is 6.33. The largest absolute Gasteiger partial charge is 0.327 e. The van der Waals surface area contributed by atoms with Crippen molar-refractivity contribution in [3.05, 3.63) is 52.8 Å². The summed E-state index contributed by atoms with van der Waals surface area (Å²) < 4.78 is 15.9. The summed E-state index contributed by atoms with van der Waals surface area (Å²) >= 11 is 6.11. The third kappa shape index (κ3) is 1.97. The normalized spacial score (nSPS) is 11.2. The van der Waals surface area contributed by atoms with Crippen molar-refractivity contribution in [3.8, 4) is 11.4 Å². The predicted molar refractivity (Wildman–Crippen MR) is 79.0 cm³/mol. The molecule has 0 saturated heterocycles. The number of nitrogens with zero attached hydrogens (tertiary/aromatic N) is 2. The van der Waals surface area contributed by atoms with Crippen LogP contribution in [0.3, 0.4) is 0 Å². The molecule has 20 heavy (non-hydrogen) atoms. The van der Waals surface area contributed by atoms with E-state index in [9.17, 15) is 4.39 Å². The quantitative estimate of drug-likeness (QED) is 0.785. The number of fused-ring (bicyclic) bond motifs is 1. The molecule has 0 radical (unpaired) electrons. The van der Waals surface area contributed by atoms with Gasteiger partial charge in [-0.05, 0) is 29.8 Å². The van der Waals surface area contributed by atoms with Crippen LogP contribution in [0.2, 0.25) is 5.02 Å². The van der Waals surface area contributed by atoms with Gasteiger partial charge in [-0.1, -0.05) is 23.7 Å². The summed E-state index contributed by atoms with van der Waals surface area (Å²) in [5.41, 5.74) is 8.67. The van der Waals surface area contributed by atoms with E-state index >= 15 is 0 Å². The zero-order valence-corrected chi connectivity index (χ0v) is 11.7. The number of halogens is 2. The molecule has 0 unspecified atom stereocenters. The van der Waals surface area contributed by atoms with Crippen LogP contribution >= 0.6 is 11.6 Å². The monoisotopic (exact) mass is 289 g/mol. The van der Waals surface area contributed by atoms with Crippen LogP contribution in [0.5, 0.6) is 0 Å². The van der Waals surface area contributed by atoms with E-state index in [1.807, 2.05) is 29.8 Å². The van der Waals surface area contributed by atoms with Crippen LogP contribution in [0.1, 0.15) is 5.56 Å². The van der Waals surface area contributed by atoms with E-state index in [4.69, 9.17) is 17.3 Å². The molecular formula is C15H13ClFN3. The third-order valence-corrected chi connectivity index (χ3v) is 3.68. The minimum absolute atomic E-state index is 0.321. The summed E-state index contributed by atoms with van der Waals surface area (Å²) in [6.45, 7) is 0.455. The Labute approximate surface area is 120 Å². The van der Waals surface area contributed by atoms with Gasteiger partial charge in [0.05, 0.1) is 21.6 Å². The van der Waals surface area contributed by atoms with Crippen molar-refractivity contribution in [1.29, 1.82) is 0 Å². The van der Waals surface area contributed by atoms with Crippen molar-refractivity contribution in [2.75, 3.05) is 0 Å². The van der Waals surface area contributed by atoms with E-state index in [1.165, 1.54) is 6.07 Å². The predicted octanol–water partition coefficient (Wildman–Crippen LogP) is 3.49. The number of hydrogen-bond donors (Lipinski definition) is 1. The molecule has 0 fully saturated rings. The van der Waals surface area contributed by atoms with Crippen molar-refractivity contribution in [2.24, 2.45) is 12.8 Å². The zero-order chi connectivity index (χ0) is 14.3. The van der Waals surface area contributed by atoms with E-state index in [1.54, 1.807) is 12.1 Å². The Morgan fingerprint density at radius 2 is 2.10 bits per heavy atom. The summed E-state index contributed by atoms with van der Waals surface area (Å²) in [6.07, 6.45) is 0. The summed E-state index contributed by atoms with van der Waals surface area (Å²) in [7, 11) is 1.84. The lowest BCUT2D eigenvalue weighted by atomic mass is 10.2. The van der Waals surface area contributed by atoms with Crippen molar-refractivity contribution in [1.82, 2.24) is 9.55 Å². The van der Waals surface area contributed by atoms with Gasteiger partial charge in [-0.15, -0.1) is 0 Å². The molecule has 1 heterocycles. The van der Waals surface area contributed by atoms with Gasteiger partial charge in [0.2, 0.25) is 0 Å². The minimum Gasteiger partial charge on any atom is -0.327 e. The number of aromatic nitrogens is 2. The van der Waals surface area contributed by atoms with Crippen LogP contribution in [0, 0.1) is 5.82 Å². The first kappa shape index (κ1) is 13.1. The van der Waals surface area contributed by atoms with Crippen LogP contribution in [0.25, 0.3) is 22.4 Å². The fourth-order valence-corrected chi connectivity index (χ4v) is 2.54. The molecule has 5 heteroatoms. The Bertz CT molecular complexity index is 775. The van der Waals surface area contributed by atoms with Gasteiger partial charge in [-0.3, -0.25) is 0 Å². The lowest BCUT2D eigenvalue weighted by Gasteiger charge is -2.06. The number of rotatable bonds is 2. The first-order valence-electron chi connectivity index (χ1n) is 6.21. The molecule has 0 aliphatic carbocycles. The fourth-order valence-electron chi connectivity index (χ4n) is 2.30. The van der Waals surface area contributed by atoms with E-state index in [0.29, 0.717) is 23.0 Å². The van der Waals surface area contributed by atoms with Gasteiger partial charge in [0.25, 0.3) is 0 Å². The van der Waals surface area contributed by atoms with Gasteiger partial charge in [-0.25, -0.2) is 9.37 Å². The maximum absolute atomic E-state index is 14.0. The number of imidazole rings is 1. The maximum Gasteiger partial charge on any atom is 0.145 e. The molecule has 0 atom stereocenters. The lowest BCUT2D eigenvalue weighted by molar-refractivity contribution is 0.629. The number of nitrogens with two attached hydrogens (primary N) is 1. The Hall–Kier alpha value is -1.91. The summed E-state index contributed by atoms with van der Waals surface area (Å²) in [5, 5.41) is 0.349. The average Bonchev–Trinajstić information content (AvgIpc) is 2.76. The Morgan fingerprint density at radius 1 is 1.30 bits per heavy atom. The van der Waals surface area contributed by atoms with Crippen LogP contribution in [0.15, 0.2) is 36.4 Å². The molecule has 102 valence electrons. The third-order valence-electron chi connectivity index (χ3n) is 3.37. The first-order chi connectivity index (χ1) is 9.61. The van der Waals surface area contributed by atoms with Crippen LogP contribution in [0.4, 0.5) is 4.39 Å². The summed E-state index contributed by atoms with van der Waals surface area (Å²) in [4.78, 5) is 4.48. The van der Waals surface area contributed by atoms with E-state index in [0.717, 1.165) is 16.6 Å². The number of hydrogen-bond acceptors (Lipinski definition) is 2. The van der Waals surface area contributed by atoms with Gasteiger partial charge in [-0.2, -0.15) is 0 Å². The molecule has 3 nitrogen and oxygen atoms in total. The SMILES string of the molecule is Cn1c(-c2c(F)cccc2Cl)nc2ccc(CN)cc21. The highest BCUT2D eigenvalue weighted by Crippen LogP contribution is 2.31. The standard InChI is InChI=1S/C15H13ClFN3/c1-20-13-7-9(8-18)5-6-12(13)19-15(20)14-10(16)3-2-4-11(14)17/h2-7H,8,18H2,1H3. The highest BCUT2D eigenvalue weighted by Gasteiger charge is 2.16. The molecule has 3 aromatic rings. The molecule has 1 aromatic heterocycles. The second-order valence-electron chi connectivity index (χ2n) is 4.62. The van der Waals surface area contributed by atoms with Gasteiger partial charge < -0.3 is 10.3 Å². The molecule has 2 aromatic carbocycles. The number of benzene rings is 2. The summed E-state index contributed by atoms with van der Waals surface area (Å²) in [5.74, 6) is 0.132. The zero-order valence-electron chi connectivity index (χ0n) is 10.9. The Kier molecular flexibility index (Phi) is 3.20. The first-order valence-corrected chi connectivity index (χ1v) is 6.59. The van der Waals surface area contributed by atoms with E-state index in [-0.39, 0.29) is 5.82 Å². The Balaban J connectivity index is 2.30. The van der Waals surface area contributed by atoms with Crippen molar-refractivity contribution < 1.29 is 4.39 Å². The lowest BCUT2D eigenvalue weighted by Crippen LogP contribution is -1.98. The van der Waals surface area contributed by atoms with Gasteiger partial charge in [0.15, 0.2) is 0 Å². The molecule has 2 N–H and O–H groups in total. The number of aryl methyl sites for hydroxylation is 1. The fraction of sp³-hybridized carbons (Fsp3) is 0.133. The van der Waals surface area contributed by atoms with Gasteiger partial charge >= 0.3 is 0 Å². The molecule has 0 saturated carbocycles. The average molecular weight is 290 g/mol. The van der Waals surface area contributed by atoms with E-state index < -0.39 is 0 Å². The smallest absolute Gasteiger partial charge is 0.145 e. The van der Waals surface area contributed by atoms with Crippen LogP contribution < -0.4 is 5.73 Å². The van der Waals surface area contributed by atoms with Gasteiger partial charge in [0, 0.05) is 13.6 Å². The van der Waals surface area contributed by atoms with Crippen molar-refractivity contribution in [2.45, 2.75) is 6.54 Å². The minimum atomic E-state index is -0.380. The topological polar surface area (TPSA) is 43.8 Å². The molecule has 3 rings (SSSR count). The molecule has 0 amide bonds. The van der Waals surface area contributed by atoms with Crippen LogP contribution in [-0.2, 0) is 13.6 Å². The van der Waals surface area contributed by atoms with Crippen molar-refractivity contribution in [3.63, 3.8) is 0 Å². The van der Waals surface area contributed by atoms with Crippen molar-refractivity contribution >= 4 is 22.6 Å². The molecule has 0 aliphatic heterocycles. The Morgan fingerprint density at radius 3 is 2.80 bits per heavy atom. The molecule has 0 bridgehead atoms. The van der Waals surface area contributed by atoms with Crippen LogP contribution in [-0.4, -0.2) is 9.55 Å². The maximum atomic E-state index is 14.0. The summed E-state index contributed by atoms with van der Waals surface area (Å²) in [6, 6.07) is 10.4. The second-order valence-corrected chi connectivity index (χ2v) is 5.03. The highest BCUT2D eigenvalue weighted by atomic mass is 35.5. The molecule has 0 spiro atoms. The molecule has 0 aliphatic rings.